The molecule has 0 aliphatic carbocycles. The minimum absolute atomic E-state index is 0.184. The summed E-state index contributed by atoms with van der Waals surface area (Å²) in [5.74, 6) is 0.127. The molecule has 0 bridgehead atoms. The molecule has 1 aromatic rings. The van der Waals surface area contributed by atoms with Crippen LogP contribution >= 0.6 is 0 Å². The van der Waals surface area contributed by atoms with Gasteiger partial charge in [0.15, 0.2) is 0 Å². The summed E-state index contributed by atoms with van der Waals surface area (Å²) in [4.78, 5) is 18.5. The molecule has 16 heavy (non-hydrogen) atoms. The van der Waals surface area contributed by atoms with Gasteiger partial charge in [0.2, 0.25) is 5.91 Å². The fourth-order valence-corrected chi connectivity index (χ4v) is 1.40. The van der Waals surface area contributed by atoms with Crippen molar-refractivity contribution >= 4 is 5.91 Å². The average Bonchev–Trinajstić information content (AvgIpc) is 2.78. The van der Waals surface area contributed by atoms with Gasteiger partial charge >= 0.3 is 0 Å². The maximum atomic E-state index is 11.5. The molecule has 0 saturated heterocycles. The maximum absolute atomic E-state index is 11.5. The van der Waals surface area contributed by atoms with E-state index in [2.05, 4.69) is 15.3 Å². The van der Waals surface area contributed by atoms with Gasteiger partial charge in [-0.2, -0.15) is 5.26 Å². The van der Waals surface area contributed by atoms with Gasteiger partial charge in [0, 0.05) is 25.4 Å². The Kier molecular flexibility index (Phi) is 5.06. The van der Waals surface area contributed by atoms with Gasteiger partial charge in [-0.15, -0.1) is 0 Å². The van der Waals surface area contributed by atoms with Gasteiger partial charge in [0.25, 0.3) is 0 Å². The smallest absolute Gasteiger partial charge is 0.237 e. The van der Waals surface area contributed by atoms with Crippen molar-refractivity contribution in [2.75, 3.05) is 6.54 Å². The molecule has 1 amide bonds. The number of nitrogens with zero attached hydrogens (tertiary/aromatic N) is 2. The molecular weight excluding hydrogens is 204 g/mol. The van der Waals surface area contributed by atoms with Crippen molar-refractivity contribution in [1.29, 1.82) is 5.26 Å². The Morgan fingerprint density at radius 1 is 1.75 bits per heavy atom. The molecule has 0 aromatic carbocycles. The number of nitrogens with one attached hydrogen (secondary N) is 2. The average molecular weight is 220 g/mol. The summed E-state index contributed by atoms with van der Waals surface area (Å²) in [5, 5.41) is 11.5. The zero-order chi connectivity index (χ0) is 11.8. The highest BCUT2D eigenvalue weighted by atomic mass is 16.1. The van der Waals surface area contributed by atoms with Crippen molar-refractivity contribution in [3.63, 3.8) is 0 Å². The van der Waals surface area contributed by atoms with Crippen LogP contribution in [0.2, 0.25) is 0 Å². The molecule has 0 spiro atoms. The fraction of sp³-hybridized carbons (Fsp3) is 0.545. The van der Waals surface area contributed by atoms with Gasteiger partial charge < -0.3 is 10.3 Å². The van der Waals surface area contributed by atoms with Crippen molar-refractivity contribution < 1.29 is 4.79 Å². The number of H-pyrrole nitrogens is 1. The first-order valence-electron chi connectivity index (χ1n) is 5.43. The molecule has 1 unspecified atom stereocenters. The van der Waals surface area contributed by atoms with Gasteiger partial charge in [-0.1, -0.05) is 13.3 Å². The first-order valence-corrected chi connectivity index (χ1v) is 5.43. The molecule has 5 heteroatoms. The highest BCUT2D eigenvalue weighted by Gasteiger charge is 2.15. The van der Waals surface area contributed by atoms with E-state index in [1.165, 1.54) is 0 Å². The second-order valence-electron chi connectivity index (χ2n) is 3.55. The van der Waals surface area contributed by atoms with E-state index in [1.54, 1.807) is 12.4 Å². The molecule has 0 saturated carbocycles. The van der Waals surface area contributed by atoms with Crippen LogP contribution in [0.25, 0.3) is 0 Å². The lowest BCUT2D eigenvalue weighted by Crippen LogP contribution is -2.31. The predicted molar refractivity (Wildman–Crippen MR) is 59.3 cm³/mol. The number of imidazole rings is 1. The molecule has 0 aliphatic heterocycles. The van der Waals surface area contributed by atoms with E-state index in [4.69, 9.17) is 5.26 Å². The lowest BCUT2D eigenvalue weighted by Gasteiger charge is -2.08. The van der Waals surface area contributed by atoms with Crippen molar-refractivity contribution in [3.8, 4) is 6.07 Å². The molecule has 0 aliphatic rings. The second kappa shape index (κ2) is 6.62. The monoisotopic (exact) mass is 220 g/mol. The van der Waals surface area contributed by atoms with Crippen LogP contribution in [0.1, 0.15) is 25.6 Å². The Morgan fingerprint density at radius 3 is 3.12 bits per heavy atom. The third kappa shape index (κ3) is 3.73. The third-order valence-electron chi connectivity index (χ3n) is 2.27. The van der Waals surface area contributed by atoms with Crippen LogP contribution in [0.3, 0.4) is 0 Å². The lowest BCUT2D eigenvalue weighted by atomic mass is 10.1. The molecule has 1 heterocycles. The van der Waals surface area contributed by atoms with Crippen molar-refractivity contribution in [2.45, 2.75) is 26.2 Å². The summed E-state index contributed by atoms with van der Waals surface area (Å²) in [6.45, 7) is 2.47. The number of nitriles is 1. The molecule has 0 fully saturated rings. The summed E-state index contributed by atoms with van der Waals surface area (Å²) >= 11 is 0. The Hall–Kier alpha value is -1.83. The maximum Gasteiger partial charge on any atom is 0.237 e. The SMILES string of the molecule is CCCC(C#N)C(=O)NCCc1ncc[nH]1. The van der Waals surface area contributed by atoms with Gasteiger partial charge in [0.1, 0.15) is 11.7 Å². The van der Waals surface area contributed by atoms with E-state index < -0.39 is 5.92 Å². The van der Waals surface area contributed by atoms with E-state index >= 15 is 0 Å². The molecule has 86 valence electrons. The highest BCUT2D eigenvalue weighted by molar-refractivity contribution is 5.80. The molecule has 2 N–H and O–H groups in total. The van der Waals surface area contributed by atoms with Crippen LogP contribution in [-0.2, 0) is 11.2 Å². The summed E-state index contributed by atoms with van der Waals surface area (Å²) in [5.41, 5.74) is 0. The van der Waals surface area contributed by atoms with Crippen LogP contribution in [0.4, 0.5) is 0 Å². The number of hydrogen-bond acceptors (Lipinski definition) is 3. The number of hydrogen-bond donors (Lipinski definition) is 2. The van der Waals surface area contributed by atoms with Crippen LogP contribution in [-0.4, -0.2) is 22.4 Å². The number of carbonyl (C=O) groups excluding carboxylic acids is 1. The molecule has 5 nitrogen and oxygen atoms in total. The fourth-order valence-electron chi connectivity index (χ4n) is 1.40. The highest BCUT2D eigenvalue weighted by Crippen LogP contribution is 2.04. The first-order chi connectivity index (χ1) is 7.77. The Labute approximate surface area is 94.9 Å². The summed E-state index contributed by atoms with van der Waals surface area (Å²) < 4.78 is 0. The van der Waals surface area contributed by atoms with E-state index in [9.17, 15) is 4.79 Å². The largest absolute Gasteiger partial charge is 0.355 e. The zero-order valence-corrected chi connectivity index (χ0v) is 9.36. The van der Waals surface area contributed by atoms with Crippen LogP contribution in [0.15, 0.2) is 12.4 Å². The molecule has 1 aromatic heterocycles. The summed E-state index contributed by atoms with van der Waals surface area (Å²) in [6.07, 6.45) is 5.52. The zero-order valence-electron chi connectivity index (χ0n) is 9.36. The normalized spacial score (nSPS) is 11.8. The second-order valence-corrected chi connectivity index (χ2v) is 3.55. The predicted octanol–water partition coefficient (Wildman–Crippen LogP) is 1.01. The minimum Gasteiger partial charge on any atom is -0.355 e. The topological polar surface area (TPSA) is 81.6 Å². The van der Waals surface area contributed by atoms with Crippen LogP contribution in [0.5, 0.6) is 0 Å². The van der Waals surface area contributed by atoms with Crippen molar-refractivity contribution in [3.05, 3.63) is 18.2 Å². The molecule has 1 atom stereocenters. The van der Waals surface area contributed by atoms with Crippen LogP contribution in [0, 0.1) is 17.2 Å². The third-order valence-corrected chi connectivity index (χ3v) is 2.27. The molecule has 1 rings (SSSR count). The van der Waals surface area contributed by atoms with Crippen molar-refractivity contribution in [2.24, 2.45) is 5.92 Å². The quantitative estimate of drug-likeness (QED) is 0.750. The van der Waals surface area contributed by atoms with Crippen molar-refractivity contribution in [1.82, 2.24) is 15.3 Å². The van der Waals surface area contributed by atoms with Gasteiger partial charge in [-0.05, 0) is 6.42 Å². The van der Waals surface area contributed by atoms with Gasteiger partial charge in [-0.25, -0.2) is 4.98 Å². The number of rotatable bonds is 6. The molecule has 0 radical (unpaired) electrons. The van der Waals surface area contributed by atoms with E-state index in [0.717, 1.165) is 12.2 Å². The first kappa shape index (κ1) is 12.2. The van der Waals surface area contributed by atoms with Crippen LogP contribution < -0.4 is 5.32 Å². The van der Waals surface area contributed by atoms with E-state index in [1.807, 2.05) is 13.0 Å². The standard InChI is InChI=1S/C11H16N4O/c1-2-3-9(8-12)11(16)15-5-4-10-13-6-7-14-10/h6-7,9H,2-5H2,1H3,(H,13,14)(H,15,16). The number of carbonyl (C=O) groups is 1. The van der Waals surface area contributed by atoms with Gasteiger partial charge in [0.05, 0.1) is 6.07 Å². The number of aromatic nitrogens is 2. The lowest BCUT2D eigenvalue weighted by molar-refractivity contribution is -0.123. The number of aromatic amines is 1. The van der Waals surface area contributed by atoms with E-state index in [0.29, 0.717) is 19.4 Å². The summed E-state index contributed by atoms with van der Waals surface area (Å²) in [7, 11) is 0. The minimum atomic E-state index is -0.526. The van der Waals surface area contributed by atoms with Gasteiger partial charge in [-0.3, -0.25) is 4.79 Å². The molecular formula is C11H16N4O. The number of amides is 1. The Balaban J connectivity index is 2.27. The Bertz CT molecular complexity index is 353. The Morgan fingerprint density at radius 2 is 2.56 bits per heavy atom. The summed E-state index contributed by atoms with van der Waals surface area (Å²) in [6, 6.07) is 2.01. The van der Waals surface area contributed by atoms with E-state index in [-0.39, 0.29) is 5.91 Å².